The third kappa shape index (κ3) is 4.19. The van der Waals surface area contributed by atoms with E-state index in [0.717, 1.165) is 30.3 Å². The van der Waals surface area contributed by atoms with Gasteiger partial charge in [0.1, 0.15) is 0 Å². The van der Waals surface area contributed by atoms with Crippen molar-refractivity contribution < 1.29 is 9.32 Å². The number of carbonyl (C=O) groups excluding carboxylic acids is 1. The molecule has 4 rings (SSSR count). The maximum atomic E-state index is 12.2. The molecule has 2 aromatic heterocycles. The summed E-state index contributed by atoms with van der Waals surface area (Å²) in [5.41, 5.74) is 2.78. The smallest absolute Gasteiger partial charge is 0.316 e. The highest BCUT2D eigenvalue weighted by Crippen LogP contribution is 2.25. The van der Waals surface area contributed by atoms with E-state index >= 15 is 0 Å². The zero-order valence-corrected chi connectivity index (χ0v) is 15.8. The van der Waals surface area contributed by atoms with Gasteiger partial charge in [-0.25, -0.2) is 0 Å². The first-order chi connectivity index (χ1) is 13.7. The molecule has 0 unspecified atom stereocenters. The number of hydrogen-bond acceptors (Lipinski definition) is 6. The lowest BCUT2D eigenvalue weighted by Crippen LogP contribution is -2.32. The van der Waals surface area contributed by atoms with Gasteiger partial charge in [0, 0.05) is 30.5 Å². The zero-order valence-electron chi connectivity index (χ0n) is 15.8. The van der Waals surface area contributed by atoms with Crippen molar-refractivity contribution in [2.24, 2.45) is 5.92 Å². The maximum absolute atomic E-state index is 12.2. The number of nitrogens with one attached hydrogen (secondary N) is 1. The van der Waals surface area contributed by atoms with Gasteiger partial charge in [0.15, 0.2) is 0 Å². The van der Waals surface area contributed by atoms with Crippen LogP contribution in [0.3, 0.4) is 0 Å². The Labute approximate surface area is 163 Å². The second-order valence-corrected chi connectivity index (χ2v) is 7.14. The average Bonchev–Trinajstić information content (AvgIpc) is 3.24. The molecule has 1 aliphatic heterocycles. The summed E-state index contributed by atoms with van der Waals surface area (Å²) < 4.78 is 5.12. The molecule has 0 spiro atoms. The molecule has 0 saturated carbocycles. The number of pyridine rings is 1. The lowest BCUT2D eigenvalue weighted by molar-refractivity contribution is 0.0906. The predicted molar refractivity (Wildman–Crippen MR) is 106 cm³/mol. The van der Waals surface area contributed by atoms with E-state index in [1.807, 2.05) is 30.3 Å². The van der Waals surface area contributed by atoms with Crippen molar-refractivity contribution in [2.45, 2.75) is 26.3 Å². The van der Waals surface area contributed by atoms with Gasteiger partial charge in [-0.3, -0.25) is 9.78 Å². The number of piperidine rings is 1. The van der Waals surface area contributed by atoms with Gasteiger partial charge < -0.3 is 14.7 Å². The van der Waals surface area contributed by atoms with Crippen molar-refractivity contribution in [2.75, 3.05) is 18.0 Å². The van der Waals surface area contributed by atoms with Gasteiger partial charge in [-0.15, -0.1) is 0 Å². The summed E-state index contributed by atoms with van der Waals surface area (Å²) in [5.74, 6) is 0.738. The first-order valence-corrected chi connectivity index (χ1v) is 9.56. The molecule has 0 radical (unpaired) electrons. The van der Waals surface area contributed by atoms with Gasteiger partial charge in [-0.05, 0) is 55.2 Å². The summed E-state index contributed by atoms with van der Waals surface area (Å²) in [4.78, 5) is 23.0. The van der Waals surface area contributed by atoms with Crippen molar-refractivity contribution >= 4 is 11.6 Å². The van der Waals surface area contributed by atoms with Crippen LogP contribution in [0.1, 0.15) is 36.1 Å². The highest BCUT2D eigenvalue weighted by molar-refractivity contribution is 5.89. The van der Waals surface area contributed by atoms with Gasteiger partial charge in [0.25, 0.3) is 0 Å². The van der Waals surface area contributed by atoms with Crippen LogP contribution in [0.15, 0.2) is 53.2 Å². The first kappa shape index (κ1) is 18.2. The molecule has 1 amide bonds. The van der Waals surface area contributed by atoms with Crippen LogP contribution in [-0.4, -0.2) is 34.1 Å². The molecule has 28 heavy (non-hydrogen) atoms. The molecule has 1 N–H and O–H groups in total. The Balaban J connectivity index is 1.39. The molecular formula is C21H23N5O2. The molecule has 0 aliphatic carbocycles. The molecule has 0 bridgehead atoms. The quantitative estimate of drug-likeness (QED) is 0.734. The van der Waals surface area contributed by atoms with E-state index in [4.69, 9.17) is 4.52 Å². The lowest BCUT2D eigenvalue weighted by atomic mass is 9.98. The topological polar surface area (TPSA) is 84.2 Å². The Hall–Kier alpha value is -3.22. The number of nitrogens with zero attached hydrogens (tertiary/aromatic N) is 4. The molecule has 3 aromatic rings. The predicted octanol–water partition coefficient (Wildman–Crippen LogP) is 3.30. The number of aromatic nitrogens is 3. The summed E-state index contributed by atoms with van der Waals surface area (Å²) in [6, 6.07) is 13.6. The van der Waals surface area contributed by atoms with Gasteiger partial charge >= 0.3 is 11.8 Å². The SMILES string of the molecule is CC1CCN(c2ccc(-c3noc(C(=O)NCc4ccccn4)n3)cc2)CC1. The third-order valence-electron chi connectivity index (χ3n) is 5.05. The van der Waals surface area contributed by atoms with Crippen molar-refractivity contribution in [3.8, 4) is 11.4 Å². The number of anilines is 1. The lowest BCUT2D eigenvalue weighted by Gasteiger charge is -2.32. The Kier molecular flexibility index (Phi) is 5.32. The molecule has 1 fully saturated rings. The Morgan fingerprint density at radius 3 is 2.68 bits per heavy atom. The van der Waals surface area contributed by atoms with Crippen LogP contribution >= 0.6 is 0 Å². The molecule has 144 valence electrons. The summed E-state index contributed by atoms with van der Waals surface area (Å²) >= 11 is 0. The van der Waals surface area contributed by atoms with Crippen LogP contribution in [0.2, 0.25) is 0 Å². The Bertz CT molecular complexity index is 915. The third-order valence-corrected chi connectivity index (χ3v) is 5.05. The standard InChI is InChI=1S/C21H23N5O2/c1-15-9-12-26(13-10-15)18-7-5-16(6-8-18)19-24-21(28-25-19)20(27)23-14-17-4-2-3-11-22-17/h2-8,11,15H,9-10,12-14H2,1H3,(H,23,27). The monoisotopic (exact) mass is 377 g/mol. The summed E-state index contributed by atoms with van der Waals surface area (Å²) in [6.45, 7) is 4.79. The van der Waals surface area contributed by atoms with Crippen LogP contribution < -0.4 is 10.2 Å². The minimum absolute atomic E-state index is 0.0555. The van der Waals surface area contributed by atoms with Crippen molar-refractivity contribution in [3.63, 3.8) is 0 Å². The van der Waals surface area contributed by atoms with E-state index in [1.165, 1.54) is 18.5 Å². The largest absolute Gasteiger partial charge is 0.372 e. The fourth-order valence-electron chi connectivity index (χ4n) is 3.27. The second-order valence-electron chi connectivity index (χ2n) is 7.14. The zero-order chi connectivity index (χ0) is 19.3. The van der Waals surface area contributed by atoms with Crippen LogP contribution in [0.25, 0.3) is 11.4 Å². The van der Waals surface area contributed by atoms with Crippen LogP contribution in [-0.2, 0) is 6.54 Å². The molecule has 7 heteroatoms. The fraction of sp³-hybridized carbons (Fsp3) is 0.333. The Morgan fingerprint density at radius 2 is 1.96 bits per heavy atom. The van der Waals surface area contributed by atoms with E-state index in [1.54, 1.807) is 6.20 Å². The van der Waals surface area contributed by atoms with E-state index in [-0.39, 0.29) is 5.89 Å². The Morgan fingerprint density at radius 1 is 1.18 bits per heavy atom. The number of amides is 1. The second kappa shape index (κ2) is 8.21. The van der Waals surface area contributed by atoms with E-state index in [2.05, 4.69) is 44.4 Å². The van der Waals surface area contributed by atoms with Crippen molar-refractivity contribution in [1.29, 1.82) is 0 Å². The highest BCUT2D eigenvalue weighted by Gasteiger charge is 2.18. The number of benzene rings is 1. The molecule has 0 atom stereocenters. The van der Waals surface area contributed by atoms with E-state index in [0.29, 0.717) is 12.4 Å². The number of rotatable bonds is 5. The molecule has 7 nitrogen and oxygen atoms in total. The molecule has 1 aliphatic rings. The van der Waals surface area contributed by atoms with E-state index in [9.17, 15) is 4.79 Å². The summed E-state index contributed by atoms with van der Waals surface area (Å²) in [7, 11) is 0. The van der Waals surface area contributed by atoms with Crippen molar-refractivity contribution in [3.05, 3.63) is 60.2 Å². The number of hydrogen-bond donors (Lipinski definition) is 1. The average molecular weight is 377 g/mol. The molecular weight excluding hydrogens is 354 g/mol. The van der Waals surface area contributed by atoms with Gasteiger partial charge in [0.05, 0.1) is 12.2 Å². The normalized spacial score (nSPS) is 14.8. The summed E-state index contributed by atoms with van der Waals surface area (Å²) in [6.07, 6.45) is 4.13. The molecule has 3 heterocycles. The fourth-order valence-corrected chi connectivity index (χ4v) is 3.27. The maximum Gasteiger partial charge on any atom is 0.316 e. The summed E-state index contributed by atoms with van der Waals surface area (Å²) in [5, 5.41) is 6.67. The van der Waals surface area contributed by atoms with E-state index < -0.39 is 5.91 Å². The van der Waals surface area contributed by atoms with Gasteiger partial charge in [-0.2, -0.15) is 4.98 Å². The van der Waals surface area contributed by atoms with Gasteiger partial charge in [-0.1, -0.05) is 18.1 Å². The molecule has 1 saturated heterocycles. The van der Waals surface area contributed by atoms with Crippen LogP contribution in [0.5, 0.6) is 0 Å². The minimum atomic E-state index is -0.413. The van der Waals surface area contributed by atoms with Gasteiger partial charge in [0.2, 0.25) is 5.82 Å². The number of carbonyl (C=O) groups is 1. The van der Waals surface area contributed by atoms with Crippen LogP contribution in [0, 0.1) is 5.92 Å². The molecule has 1 aromatic carbocycles. The highest BCUT2D eigenvalue weighted by atomic mass is 16.5. The first-order valence-electron chi connectivity index (χ1n) is 9.56. The minimum Gasteiger partial charge on any atom is -0.372 e. The van der Waals surface area contributed by atoms with Crippen molar-refractivity contribution in [1.82, 2.24) is 20.4 Å². The van der Waals surface area contributed by atoms with Crippen LogP contribution in [0.4, 0.5) is 5.69 Å².